The van der Waals surface area contributed by atoms with Crippen LogP contribution in [0, 0.1) is 0 Å². The van der Waals surface area contributed by atoms with Gasteiger partial charge in [-0.25, -0.2) is 0 Å². The van der Waals surface area contributed by atoms with Gasteiger partial charge in [0.1, 0.15) is 36.8 Å². The maximum absolute atomic E-state index is 12.8. The molecule has 0 aromatic rings. The van der Waals surface area contributed by atoms with E-state index < -0.39 is 71.2 Å². The largest absolute Gasteiger partial charge is 0.462 e. The second kappa shape index (κ2) is 39.2. The van der Waals surface area contributed by atoms with Crippen LogP contribution in [0.1, 0.15) is 162 Å². The third-order valence-electron chi connectivity index (χ3n) is 10.3. The van der Waals surface area contributed by atoms with E-state index in [-0.39, 0.29) is 19.4 Å². The lowest BCUT2D eigenvalue weighted by Gasteiger charge is -2.40. The summed E-state index contributed by atoms with van der Waals surface area (Å²) >= 11 is 0. The van der Waals surface area contributed by atoms with E-state index in [2.05, 4.69) is 44.2 Å². The highest BCUT2D eigenvalue weighted by Gasteiger charge is 2.46. The molecule has 4 N–H and O–H groups in total. The van der Waals surface area contributed by atoms with Crippen LogP contribution in [0.25, 0.3) is 0 Å². The van der Waals surface area contributed by atoms with Gasteiger partial charge in [-0.2, -0.15) is 8.42 Å². The van der Waals surface area contributed by atoms with Gasteiger partial charge in [0.2, 0.25) is 0 Å². The highest BCUT2D eigenvalue weighted by Crippen LogP contribution is 2.24. The summed E-state index contributed by atoms with van der Waals surface area (Å²) in [5.74, 6) is -2.10. The molecule has 0 saturated carbocycles. The Bertz CT molecular complexity index is 1480. The number of carbonyl (C=O) groups excluding carboxylic acids is 2. The van der Waals surface area contributed by atoms with Crippen molar-refractivity contribution in [3.63, 3.8) is 0 Å². The third-order valence-corrected chi connectivity index (χ3v) is 11.1. The van der Waals surface area contributed by atoms with E-state index in [9.17, 15) is 37.9 Å². The van der Waals surface area contributed by atoms with Crippen LogP contribution >= 0.6 is 0 Å². The molecule has 6 atom stereocenters. The molecule has 1 rings (SSSR count). The monoisotopic (exact) mass is 907 g/mol. The molecular weight excluding hydrogens is 825 g/mol. The fourth-order valence-electron chi connectivity index (χ4n) is 6.68. The van der Waals surface area contributed by atoms with E-state index >= 15 is 0 Å². The Hall–Kier alpha value is -3.17. The van der Waals surface area contributed by atoms with Gasteiger partial charge < -0.3 is 34.3 Å². The average Bonchev–Trinajstić information content (AvgIpc) is 3.25. The maximum atomic E-state index is 12.8. The van der Waals surface area contributed by atoms with Crippen molar-refractivity contribution in [2.75, 3.05) is 19.0 Å². The summed E-state index contributed by atoms with van der Waals surface area (Å²) in [7, 11) is -4.62. The predicted octanol–water partition coefficient (Wildman–Crippen LogP) is 10.1. The number of aliphatic hydroxyl groups is 3. The highest BCUT2D eigenvalue weighted by molar-refractivity contribution is 7.85. The van der Waals surface area contributed by atoms with Gasteiger partial charge in [0.25, 0.3) is 10.1 Å². The molecule has 1 saturated heterocycles. The molecule has 0 aliphatic carbocycles. The van der Waals surface area contributed by atoms with Gasteiger partial charge in [0.05, 0.1) is 6.61 Å². The number of rotatable bonds is 38. The van der Waals surface area contributed by atoms with Crippen molar-refractivity contribution in [2.45, 2.75) is 198 Å². The van der Waals surface area contributed by atoms with Crippen molar-refractivity contribution in [3.8, 4) is 0 Å². The van der Waals surface area contributed by atoms with E-state index in [4.69, 9.17) is 18.9 Å². The van der Waals surface area contributed by atoms with Gasteiger partial charge in [-0.05, 0) is 57.8 Å². The molecule has 1 heterocycles. The number of unbranched alkanes of at least 4 members (excludes halogenated alkanes) is 16. The summed E-state index contributed by atoms with van der Waals surface area (Å²) in [6.07, 6.45) is 42.2. The van der Waals surface area contributed by atoms with Crippen LogP contribution in [0.5, 0.6) is 0 Å². The molecule has 360 valence electrons. The van der Waals surface area contributed by atoms with Crippen molar-refractivity contribution in [3.05, 3.63) is 85.1 Å². The standard InChI is InChI=1S/C50H82O12S/c1-3-5-7-9-11-13-15-17-18-19-20-21-22-23-24-25-27-28-30-32-34-36-38-45(51)59-40-43(41-60-50-49(55)48(54)47(53)44(62-50)42-63(56,57)58)61-46(52)39-37-35-33-31-29-26-16-14-12-10-8-6-4-2/h6,8,10,12,14,16,19-20,22-23,26,29,31,33,43-44,47-50,53-55H,3-5,7,9,11,13,15,17-18,21,24-25,27-28,30,32,34-42H2,1-2H3,(H,56,57,58)/b8-6+,12-10+,16-14+,20-19+,23-22+,29-26+,33-31+/t43?,44-,47-,48?,49?,50+/m1/s1. The first kappa shape index (κ1) is 57.8. The molecule has 63 heavy (non-hydrogen) atoms. The molecule has 3 unspecified atom stereocenters. The van der Waals surface area contributed by atoms with Gasteiger partial charge >= 0.3 is 11.9 Å². The molecular formula is C50H82O12S. The number of hydrogen-bond acceptors (Lipinski definition) is 11. The van der Waals surface area contributed by atoms with Gasteiger partial charge in [-0.3, -0.25) is 14.1 Å². The SMILES string of the molecule is CC/C=C/C=C/C=C/C=C/C=C/CCCC(=O)OC(COC(=O)CCCCCCCCC/C=C/C/C=C/CCCCCCCCCC)CO[C@H]1O[C@H](CS(=O)(=O)O)[C@@H](O)C(O)C1O. The zero-order valence-corrected chi connectivity index (χ0v) is 39.2. The summed E-state index contributed by atoms with van der Waals surface area (Å²) in [6, 6.07) is 0. The molecule has 12 nitrogen and oxygen atoms in total. The van der Waals surface area contributed by atoms with Gasteiger partial charge in [0.15, 0.2) is 12.4 Å². The number of carbonyl (C=O) groups is 2. The van der Waals surface area contributed by atoms with Crippen LogP contribution in [0.4, 0.5) is 0 Å². The number of aliphatic hydroxyl groups excluding tert-OH is 3. The Labute approximate surface area is 380 Å². The molecule has 0 spiro atoms. The first-order valence-corrected chi connectivity index (χ1v) is 25.3. The fraction of sp³-hybridized carbons (Fsp3) is 0.680. The summed E-state index contributed by atoms with van der Waals surface area (Å²) in [6.45, 7) is 3.54. The summed E-state index contributed by atoms with van der Waals surface area (Å²) in [5, 5.41) is 30.9. The van der Waals surface area contributed by atoms with Crippen LogP contribution in [-0.4, -0.2) is 96.0 Å². The van der Waals surface area contributed by atoms with Crippen LogP contribution in [0.3, 0.4) is 0 Å². The Kier molecular flexibility index (Phi) is 36.0. The number of hydrogen-bond donors (Lipinski definition) is 4. The fourth-order valence-corrected chi connectivity index (χ4v) is 7.37. The minimum absolute atomic E-state index is 0.0616. The van der Waals surface area contributed by atoms with Crippen LogP contribution in [0.15, 0.2) is 85.1 Å². The maximum Gasteiger partial charge on any atom is 0.306 e. The van der Waals surface area contributed by atoms with Crippen LogP contribution in [0.2, 0.25) is 0 Å². The summed E-state index contributed by atoms with van der Waals surface area (Å²) < 4.78 is 54.0. The smallest absolute Gasteiger partial charge is 0.306 e. The molecule has 0 aromatic carbocycles. The topological polar surface area (TPSA) is 186 Å². The molecule has 1 aliphatic heterocycles. The first-order valence-electron chi connectivity index (χ1n) is 23.7. The second-order valence-corrected chi connectivity index (χ2v) is 17.7. The average molecular weight is 907 g/mol. The molecule has 13 heteroatoms. The zero-order valence-electron chi connectivity index (χ0n) is 38.4. The van der Waals surface area contributed by atoms with Gasteiger partial charge in [-0.15, -0.1) is 0 Å². The molecule has 0 aromatic heterocycles. The normalized spacial score (nSPS) is 20.5. The van der Waals surface area contributed by atoms with Crippen molar-refractivity contribution < 1.29 is 56.8 Å². The number of ether oxygens (including phenoxy) is 4. The lowest BCUT2D eigenvalue weighted by atomic mass is 10.00. The summed E-state index contributed by atoms with van der Waals surface area (Å²) in [5.41, 5.74) is 0. The number of esters is 2. The molecule has 1 aliphatic rings. The quantitative estimate of drug-likeness (QED) is 0.0151. The van der Waals surface area contributed by atoms with E-state index in [0.29, 0.717) is 19.3 Å². The second-order valence-electron chi connectivity index (χ2n) is 16.2. The highest BCUT2D eigenvalue weighted by atomic mass is 32.2. The molecule has 0 amide bonds. The Morgan fingerprint density at radius 2 is 1.08 bits per heavy atom. The third kappa shape index (κ3) is 33.9. The zero-order chi connectivity index (χ0) is 46.2. The minimum atomic E-state index is -4.62. The first-order chi connectivity index (χ1) is 30.5. The van der Waals surface area contributed by atoms with Crippen molar-refractivity contribution in [1.82, 2.24) is 0 Å². The van der Waals surface area contributed by atoms with Crippen molar-refractivity contribution in [2.24, 2.45) is 0 Å². The van der Waals surface area contributed by atoms with Gasteiger partial charge in [-0.1, -0.05) is 176 Å². The van der Waals surface area contributed by atoms with Crippen molar-refractivity contribution in [1.29, 1.82) is 0 Å². The van der Waals surface area contributed by atoms with Gasteiger partial charge in [0, 0.05) is 12.8 Å². The molecule has 0 bridgehead atoms. The molecule has 0 radical (unpaired) electrons. The van der Waals surface area contributed by atoms with Crippen molar-refractivity contribution >= 4 is 22.1 Å². The van der Waals surface area contributed by atoms with E-state index in [1.807, 2.05) is 54.7 Å². The minimum Gasteiger partial charge on any atom is -0.462 e. The van der Waals surface area contributed by atoms with E-state index in [1.54, 1.807) is 0 Å². The van der Waals surface area contributed by atoms with Crippen LogP contribution < -0.4 is 0 Å². The lowest BCUT2D eigenvalue weighted by Crippen LogP contribution is -2.60. The molecule has 1 fully saturated rings. The van der Waals surface area contributed by atoms with E-state index in [1.165, 1.54) is 70.6 Å². The lowest BCUT2D eigenvalue weighted by molar-refractivity contribution is -0.297. The van der Waals surface area contributed by atoms with E-state index in [0.717, 1.165) is 44.9 Å². The summed E-state index contributed by atoms with van der Waals surface area (Å²) in [4.78, 5) is 25.4. The Balaban J connectivity index is 2.43. The van der Waals surface area contributed by atoms with Crippen LogP contribution in [-0.2, 0) is 38.7 Å². The predicted molar refractivity (Wildman–Crippen MR) is 251 cm³/mol. The Morgan fingerprint density at radius 1 is 0.571 bits per heavy atom. The number of allylic oxidation sites excluding steroid dienone is 14. The Morgan fingerprint density at radius 3 is 1.65 bits per heavy atom.